The molecule has 2 amide bonds. The van der Waals surface area contributed by atoms with Gasteiger partial charge in [0.25, 0.3) is 11.8 Å². The molecular formula is C19H18N2O2. The third-order valence-corrected chi connectivity index (χ3v) is 4.21. The van der Waals surface area contributed by atoms with Crippen LogP contribution in [0, 0.1) is 13.8 Å². The highest BCUT2D eigenvalue weighted by Crippen LogP contribution is 2.30. The zero-order chi connectivity index (χ0) is 16.6. The zero-order valence-electron chi connectivity index (χ0n) is 13.4. The molecule has 0 atom stereocenters. The van der Waals surface area contributed by atoms with E-state index in [1.807, 2.05) is 62.4 Å². The molecule has 0 saturated carbocycles. The monoisotopic (exact) mass is 306 g/mol. The first-order chi connectivity index (χ1) is 11.0. The van der Waals surface area contributed by atoms with Crippen LogP contribution in [0.15, 0.2) is 54.2 Å². The van der Waals surface area contributed by atoms with Crippen LogP contribution in [0.2, 0.25) is 0 Å². The number of nitrogens with zero attached hydrogens (tertiary/aromatic N) is 1. The Morgan fingerprint density at radius 3 is 2.26 bits per heavy atom. The molecule has 2 aromatic rings. The van der Waals surface area contributed by atoms with Gasteiger partial charge in [-0.25, -0.2) is 0 Å². The molecule has 116 valence electrons. The minimum Gasteiger partial charge on any atom is -0.350 e. The van der Waals surface area contributed by atoms with E-state index >= 15 is 0 Å². The van der Waals surface area contributed by atoms with Gasteiger partial charge in [-0.2, -0.15) is 0 Å². The summed E-state index contributed by atoms with van der Waals surface area (Å²) in [5.41, 5.74) is 4.51. The lowest BCUT2D eigenvalue weighted by atomic mass is 10.0. The Morgan fingerprint density at radius 1 is 0.870 bits per heavy atom. The summed E-state index contributed by atoms with van der Waals surface area (Å²) in [5.74, 6) is -0.594. The molecule has 1 aliphatic rings. The number of benzene rings is 2. The van der Waals surface area contributed by atoms with Crippen molar-refractivity contribution >= 4 is 23.1 Å². The molecule has 0 unspecified atom stereocenters. The van der Waals surface area contributed by atoms with Crippen LogP contribution in [-0.2, 0) is 9.59 Å². The van der Waals surface area contributed by atoms with Crippen molar-refractivity contribution in [2.45, 2.75) is 13.8 Å². The highest BCUT2D eigenvalue weighted by Gasteiger charge is 2.36. The Morgan fingerprint density at radius 2 is 1.57 bits per heavy atom. The molecule has 1 aliphatic heterocycles. The second-order valence-corrected chi connectivity index (χ2v) is 5.66. The summed E-state index contributed by atoms with van der Waals surface area (Å²) < 4.78 is 0. The summed E-state index contributed by atoms with van der Waals surface area (Å²) in [6.07, 6.45) is 0. The lowest BCUT2D eigenvalue weighted by Crippen LogP contribution is -2.28. The summed E-state index contributed by atoms with van der Waals surface area (Å²) in [5, 5.41) is 3.18. The quantitative estimate of drug-likeness (QED) is 0.886. The Bertz CT molecular complexity index is 823. The number of rotatable bonds is 3. The van der Waals surface area contributed by atoms with Gasteiger partial charge in [0.15, 0.2) is 0 Å². The number of nitrogens with one attached hydrogen (secondary N) is 1. The summed E-state index contributed by atoms with van der Waals surface area (Å²) >= 11 is 0. The van der Waals surface area contributed by atoms with E-state index in [2.05, 4.69) is 5.32 Å². The van der Waals surface area contributed by atoms with Gasteiger partial charge in [0.2, 0.25) is 0 Å². The first-order valence-electron chi connectivity index (χ1n) is 7.46. The van der Waals surface area contributed by atoms with E-state index in [-0.39, 0.29) is 11.8 Å². The molecule has 0 aromatic heterocycles. The summed E-state index contributed by atoms with van der Waals surface area (Å²) in [6, 6.07) is 15.1. The highest BCUT2D eigenvalue weighted by molar-refractivity contribution is 6.36. The maximum Gasteiger partial charge on any atom is 0.277 e. The predicted molar refractivity (Wildman–Crippen MR) is 90.7 cm³/mol. The number of aryl methyl sites for hydroxylation is 1. The van der Waals surface area contributed by atoms with E-state index in [0.717, 1.165) is 27.3 Å². The van der Waals surface area contributed by atoms with Gasteiger partial charge in [-0.1, -0.05) is 42.5 Å². The van der Waals surface area contributed by atoms with Crippen LogP contribution in [0.4, 0.5) is 5.69 Å². The predicted octanol–water partition coefficient (Wildman–Crippen LogP) is 3.13. The van der Waals surface area contributed by atoms with Gasteiger partial charge in [0.1, 0.15) is 5.70 Å². The van der Waals surface area contributed by atoms with Gasteiger partial charge in [0, 0.05) is 12.7 Å². The lowest BCUT2D eigenvalue weighted by molar-refractivity contribution is -0.135. The van der Waals surface area contributed by atoms with Crippen LogP contribution in [0.5, 0.6) is 0 Å². The van der Waals surface area contributed by atoms with Gasteiger partial charge >= 0.3 is 0 Å². The fourth-order valence-corrected chi connectivity index (χ4v) is 2.65. The van der Waals surface area contributed by atoms with Crippen LogP contribution in [0.25, 0.3) is 5.57 Å². The molecule has 2 aromatic carbocycles. The SMILES string of the molecule is Cc1cccc(NC2=C(c3ccccc3)C(=O)N(C)C2=O)c1C. The van der Waals surface area contributed by atoms with Crippen molar-refractivity contribution in [2.75, 3.05) is 12.4 Å². The second kappa shape index (κ2) is 5.72. The Hall–Kier alpha value is -2.88. The number of anilines is 1. The van der Waals surface area contributed by atoms with E-state index in [1.165, 1.54) is 7.05 Å². The molecule has 0 radical (unpaired) electrons. The maximum atomic E-state index is 12.5. The normalized spacial score (nSPS) is 14.7. The Labute approximate surface area is 135 Å². The molecule has 4 nitrogen and oxygen atoms in total. The maximum absolute atomic E-state index is 12.5. The summed E-state index contributed by atoms with van der Waals surface area (Å²) in [4.78, 5) is 26.1. The van der Waals surface area contributed by atoms with Gasteiger partial charge in [-0.15, -0.1) is 0 Å². The molecule has 0 aliphatic carbocycles. The van der Waals surface area contributed by atoms with Crippen LogP contribution in [0.1, 0.15) is 16.7 Å². The molecule has 0 fully saturated rings. The molecule has 3 rings (SSSR count). The van der Waals surface area contributed by atoms with Crippen molar-refractivity contribution < 1.29 is 9.59 Å². The molecule has 1 heterocycles. The largest absolute Gasteiger partial charge is 0.350 e. The standard InChI is InChI=1S/C19H18N2O2/c1-12-8-7-11-15(13(12)2)20-17-16(14-9-5-4-6-10-14)18(22)21(3)19(17)23/h4-11,20H,1-3H3. The van der Waals surface area contributed by atoms with Crippen molar-refractivity contribution in [3.05, 3.63) is 70.9 Å². The van der Waals surface area contributed by atoms with Crippen molar-refractivity contribution in [3.8, 4) is 0 Å². The zero-order valence-corrected chi connectivity index (χ0v) is 13.4. The lowest BCUT2D eigenvalue weighted by Gasteiger charge is -2.13. The topological polar surface area (TPSA) is 49.4 Å². The smallest absolute Gasteiger partial charge is 0.277 e. The van der Waals surface area contributed by atoms with E-state index in [9.17, 15) is 9.59 Å². The minimum absolute atomic E-state index is 0.283. The van der Waals surface area contributed by atoms with Gasteiger partial charge in [0.05, 0.1) is 5.57 Å². The van der Waals surface area contributed by atoms with E-state index < -0.39 is 0 Å². The average Bonchev–Trinajstić information content (AvgIpc) is 2.77. The average molecular weight is 306 g/mol. The molecule has 0 spiro atoms. The molecule has 0 bridgehead atoms. The van der Waals surface area contributed by atoms with Crippen LogP contribution in [0.3, 0.4) is 0 Å². The van der Waals surface area contributed by atoms with Gasteiger partial charge in [-0.3, -0.25) is 14.5 Å². The number of imide groups is 1. The fourth-order valence-electron chi connectivity index (χ4n) is 2.65. The number of carbonyl (C=O) groups excluding carboxylic acids is 2. The third kappa shape index (κ3) is 2.52. The van der Waals surface area contributed by atoms with Crippen molar-refractivity contribution in [1.29, 1.82) is 0 Å². The number of hydrogen-bond acceptors (Lipinski definition) is 3. The van der Waals surface area contributed by atoms with Crippen LogP contribution < -0.4 is 5.32 Å². The Balaban J connectivity index is 2.12. The molecule has 1 N–H and O–H groups in total. The van der Waals surface area contributed by atoms with Crippen molar-refractivity contribution in [2.24, 2.45) is 0 Å². The van der Waals surface area contributed by atoms with Crippen molar-refractivity contribution in [3.63, 3.8) is 0 Å². The number of carbonyl (C=O) groups is 2. The Kier molecular flexibility index (Phi) is 3.74. The van der Waals surface area contributed by atoms with E-state index in [0.29, 0.717) is 11.3 Å². The van der Waals surface area contributed by atoms with Crippen molar-refractivity contribution in [1.82, 2.24) is 4.90 Å². The molecule has 23 heavy (non-hydrogen) atoms. The van der Waals surface area contributed by atoms with Gasteiger partial charge in [-0.05, 0) is 36.6 Å². The summed E-state index contributed by atoms with van der Waals surface area (Å²) in [7, 11) is 1.51. The van der Waals surface area contributed by atoms with Crippen LogP contribution in [-0.4, -0.2) is 23.8 Å². The van der Waals surface area contributed by atoms with Gasteiger partial charge < -0.3 is 5.32 Å². The van der Waals surface area contributed by atoms with Crippen LogP contribution >= 0.6 is 0 Å². The third-order valence-electron chi connectivity index (χ3n) is 4.21. The molecule has 0 saturated heterocycles. The number of likely N-dealkylation sites (N-methyl/N-ethyl adjacent to an activating group) is 1. The molecule has 4 heteroatoms. The second-order valence-electron chi connectivity index (χ2n) is 5.66. The molecular weight excluding hydrogens is 288 g/mol. The fraction of sp³-hybridized carbons (Fsp3) is 0.158. The first-order valence-corrected chi connectivity index (χ1v) is 7.46. The first kappa shape index (κ1) is 15.0. The van der Waals surface area contributed by atoms with E-state index in [1.54, 1.807) is 0 Å². The van der Waals surface area contributed by atoms with E-state index in [4.69, 9.17) is 0 Å². The highest BCUT2D eigenvalue weighted by atomic mass is 16.2. The number of hydrogen-bond donors (Lipinski definition) is 1. The summed E-state index contributed by atoms with van der Waals surface area (Å²) in [6.45, 7) is 4.01. The minimum atomic E-state index is -0.310. The number of amides is 2.